The average molecular weight is 343 g/mol. The molecule has 4 heteroatoms. The summed E-state index contributed by atoms with van der Waals surface area (Å²) < 4.78 is 6.85. The summed E-state index contributed by atoms with van der Waals surface area (Å²) in [6.45, 7) is 5.23. The highest BCUT2D eigenvalue weighted by molar-refractivity contribution is 9.10. The fourth-order valence-corrected chi connectivity index (χ4v) is 2.65. The molecule has 1 aromatic heterocycles. The molecule has 2 aromatic rings. The summed E-state index contributed by atoms with van der Waals surface area (Å²) in [5.74, 6) is 1.74. The van der Waals surface area contributed by atoms with Gasteiger partial charge in [0.25, 0.3) is 0 Å². The second-order valence-corrected chi connectivity index (χ2v) is 5.82. The zero-order valence-electron chi connectivity index (χ0n) is 11.0. The van der Waals surface area contributed by atoms with Crippen LogP contribution in [0.5, 0.6) is 0 Å². The summed E-state index contributed by atoms with van der Waals surface area (Å²) in [5, 5.41) is 4.09. The van der Waals surface area contributed by atoms with Crippen LogP contribution >= 0.6 is 27.5 Å². The summed E-state index contributed by atoms with van der Waals surface area (Å²) in [6, 6.07) is 9.97. The molecule has 0 fully saturated rings. The fourth-order valence-electron chi connectivity index (χ4n) is 1.88. The van der Waals surface area contributed by atoms with Gasteiger partial charge in [-0.15, -0.1) is 0 Å². The Morgan fingerprint density at radius 1 is 1.32 bits per heavy atom. The number of rotatable bonds is 5. The van der Waals surface area contributed by atoms with Gasteiger partial charge in [-0.25, -0.2) is 0 Å². The summed E-state index contributed by atoms with van der Waals surface area (Å²) in [5.41, 5.74) is 0.916. The van der Waals surface area contributed by atoms with Crippen molar-refractivity contribution in [2.75, 3.05) is 6.54 Å². The van der Waals surface area contributed by atoms with Crippen molar-refractivity contribution in [3.8, 4) is 11.3 Å². The molecule has 102 valence electrons. The monoisotopic (exact) mass is 341 g/mol. The summed E-state index contributed by atoms with van der Waals surface area (Å²) >= 11 is 9.63. The van der Waals surface area contributed by atoms with Crippen molar-refractivity contribution in [3.05, 3.63) is 45.6 Å². The number of benzene rings is 1. The lowest BCUT2D eigenvalue weighted by atomic mass is 10.2. The van der Waals surface area contributed by atoms with E-state index in [1.54, 1.807) is 0 Å². The Morgan fingerprint density at radius 2 is 2.11 bits per heavy atom. The molecule has 0 aliphatic rings. The van der Waals surface area contributed by atoms with Crippen molar-refractivity contribution in [1.29, 1.82) is 0 Å². The number of hydrogen-bond donors (Lipinski definition) is 1. The highest BCUT2D eigenvalue weighted by Crippen LogP contribution is 2.32. The van der Waals surface area contributed by atoms with E-state index in [0.29, 0.717) is 5.02 Å². The van der Waals surface area contributed by atoms with Crippen molar-refractivity contribution in [2.45, 2.75) is 26.3 Å². The molecule has 1 heterocycles. The molecule has 1 unspecified atom stereocenters. The van der Waals surface area contributed by atoms with Gasteiger partial charge in [0.1, 0.15) is 11.5 Å². The van der Waals surface area contributed by atoms with Crippen LogP contribution in [0.1, 0.15) is 32.1 Å². The summed E-state index contributed by atoms with van der Waals surface area (Å²) in [4.78, 5) is 0. The first-order valence-corrected chi connectivity index (χ1v) is 7.57. The van der Waals surface area contributed by atoms with Gasteiger partial charge in [-0.1, -0.05) is 34.5 Å². The lowest BCUT2D eigenvalue weighted by molar-refractivity contribution is 0.439. The molecule has 0 aliphatic carbocycles. The molecule has 1 N–H and O–H groups in total. The molecule has 0 bridgehead atoms. The molecule has 2 rings (SSSR count). The molecule has 1 aromatic carbocycles. The maximum absolute atomic E-state index is 6.23. The standard InChI is InChI=1S/C15H17BrClNO/c1-3-8-18-10(2)14-6-7-15(19-14)12-5-4-11(16)9-13(12)17/h4-7,9-10,18H,3,8H2,1-2H3. The van der Waals surface area contributed by atoms with E-state index in [2.05, 4.69) is 35.1 Å². The van der Waals surface area contributed by atoms with Crippen LogP contribution in [0, 0.1) is 0 Å². The minimum Gasteiger partial charge on any atom is -0.459 e. The van der Waals surface area contributed by atoms with Gasteiger partial charge in [-0.2, -0.15) is 0 Å². The Hall–Kier alpha value is -0.770. The minimum absolute atomic E-state index is 0.211. The molecule has 0 radical (unpaired) electrons. The Morgan fingerprint density at radius 3 is 2.79 bits per heavy atom. The third-order valence-corrected chi connectivity index (χ3v) is 3.76. The topological polar surface area (TPSA) is 25.2 Å². The highest BCUT2D eigenvalue weighted by atomic mass is 79.9. The van der Waals surface area contributed by atoms with Gasteiger partial charge in [0.05, 0.1) is 11.1 Å². The van der Waals surface area contributed by atoms with Crippen LogP contribution in [0.4, 0.5) is 0 Å². The van der Waals surface area contributed by atoms with Gasteiger partial charge in [-0.3, -0.25) is 0 Å². The lowest BCUT2D eigenvalue weighted by Crippen LogP contribution is -2.18. The van der Waals surface area contributed by atoms with Gasteiger partial charge in [0, 0.05) is 10.0 Å². The van der Waals surface area contributed by atoms with Crippen LogP contribution in [0.25, 0.3) is 11.3 Å². The third-order valence-electron chi connectivity index (χ3n) is 2.95. The van der Waals surface area contributed by atoms with E-state index in [0.717, 1.165) is 34.5 Å². The largest absolute Gasteiger partial charge is 0.459 e. The third kappa shape index (κ3) is 3.62. The zero-order chi connectivity index (χ0) is 13.8. The Balaban J connectivity index is 2.20. The van der Waals surface area contributed by atoms with Crippen molar-refractivity contribution < 1.29 is 4.42 Å². The molecule has 0 aliphatic heterocycles. The number of halogens is 2. The van der Waals surface area contributed by atoms with E-state index in [1.807, 2.05) is 30.3 Å². The molecular formula is C15H17BrClNO. The van der Waals surface area contributed by atoms with Crippen LogP contribution in [0.15, 0.2) is 39.2 Å². The molecule has 1 atom stereocenters. The maximum Gasteiger partial charge on any atom is 0.135 e. The van der Waals surface area contributed by atoms with Crippen molar-refractivity contribution in [3.63, 3.8) is 0 Å². The molecule has 19 heavy (non-hydrogen) atoms. The van der Waals surface area contributed by atoms with E-state index in [4.69, 9.17) is 16.0 Å². The second kappa shape index (κ2) is 6.60. The summed E-state index contributed by atoms with van der Waals surface area (Å²) in [6.07, 6.45) is 1.11. The Bertz CT molecular complexity index is 553. The van der Waals surface area contributed by atoms with Crippen molar-refractivity contribution in [1.82, 2.24) is 5.32 Å². The zero-order valence-corrected chi connectivity index (χ0v) is 13.4. The molecular weight excluding hydrogens is 326 g/mol. The summed E-state index contributed by atoms with van der Waals surface area (Å²) in [7, 11) is 0. The number of furan rings is 1. The molecule has 0 spiro atoms. The van der Waals surface area contributed by atoms with Gasteiger partial charge < -0.3 is 9.73 Å². The maximum atomic E-state index is 6.23. The van der Waals surface area contributed by atoms with E-state index >= 15 is 0 Å². The lowest BCUT2D eigenvalue weighted by Gasteiger charge is -2.10. The predicted octanol–water partition coefficient (Wildman–Crippen LogP) is 5.42. The van der Waals surface area contributed by atoms with E-state index in [1.165, 1.54) is 0 Å². The van der Waals surface area contributed by atoms with Gasteiger partial charge in [0.15, 0.2) is 0 Å². The van der Waals surface area contributed by atoms with E-state index in [9.17, 15) is 0 Å². The first-order valence-electron chi connectivity index (χ1n) is 6.40. The van der Waals surface area contributed by atoms with Crippen LogP contribution in [-0.2, 0) is 0 Å². The van der Waals surface area contributed by atoms with Gasteiger partial charge in [0.2, 0.25) is 0 Å². The Kier molecular flexibility index (Phi) is 5.08. The van der Waals surface area contributed by atoms with E-state index in [-0.39, 0.29) is 6.04 Å². The van der Waals surface area contributed by atoms with E-state index < -0.39 is 0 Å². The van der Waals surface area contributed by atoms with Gasteiger partial charge in [-0.05, 0) is 50.2 Å². The van der Waals surface area contributed by atoms with Crippen LogP contribution in [0.2, 0.25) is 5.02 Å². The highest BCUT2D eigenvalue weighted by Gasteiger charge is 2.12. The number of hydrogen-bond acceptors (Lipinski definition) is 2. The van der Waals surface area contributed by atoms with Crippen LogP contribution in [-0.4, -0.2) is 6.54 Å². The quantitative estimate of drug-likeness (QED) is 0.784. The normalized spacial score (nSPS) is 12.6. The van der Waals surface area contributed by atoms with Gasteiger partial charge >= 0.3 is 0 Å². The molecule has 0 saturated carbocycles. The SMILES string of the molecule is CCCNC(C)c1ccc(-c2ccc(Br)cc2Cl)o1. The molecule has 0 amide bonds. The number of nitrogens with one attached hydrogen (secondary N) is 1. The molecule has 2 nitrogen and oxygen atoms in total. The van der Waals surface area contributed by atoms with Crippen LogP contribution < -0.4 is 5.32 Å². The van der Waals surface area contributed by atoms with Crippen LogP contribution in [0.3, 0.4) is 0 Å². The van der Waals surface area contributed by atoms with Crippen molar-refractivity contribution in [2.24, 2.45) is 0 Å². The average Bonchev–Trinajstić information content (AvgIpc) is 2.85. The Labute approximate surface area is 127 Å². The first-order chi connectivity index (χ1) is 9.11. The molecule has 0 saturated heterocycles. The fraction of sp³-hybridized carbons (Fsp3) is 0.333. The van der Waals surface area contributed by atoms with Crippen molar-refractivity contribution >= 4 is 27.5 Å². The predicted molar refractivity (Wildman–Crippen MR) is 83.6 cm³/mol. The second-order valence-electron chi connectivity index (χ2n) is 4.50. The smallest absolute Gasteiger partial charge is 0.135 e. The minimum atomic E-state index is 0.211. The first kappa shape index (κ1) is 14.6.